The minimum absolute atomic E-state index is 0.0253. The zero-order chi connectivity index (χ0) is 45.0. The zero-order valence-electron chi connectivity index (χ0n) is 41.7. The summed E-state index contributed by atoms with van der Waals surface area (Å²) in [7, 11) is 4.11. The van der Waals surface area contributed by atoms with E-state index in [0.717, 1.165) is 186 Å². The Bertz CT molecular complexity index is 908. The van der Waals surface area contributed by atoms with Gasteiger partial charge in [-0.15, -0.1) is 0 Å². The monoisotopic (exact) mass is 866 g/mol. The predicted octanol–water partition coefficient (Wildman–Crippen LogP) is 15.1. The van der Waals surface area contributed by atoms with E-state index in [4.69, 9.17) is 18.9 Å². The molecule has 0 radical (unpaired) electrons. The van der Waals surface area contributed by atoms with Crippen molar-refractivity contribution in [1.29, 1.82) is 0 Å². The van der Waals surface area contributed by atoms with E-state index in [1.807, 2.05) is 0 Å². The van der Waals surface area contributed by atoms with Gasteiger partial charge < -0.3 is 23.8 Å². The van der Waals surface area contributed by atoms with E-state index in [9.17, 15) is 14.4 Å². The van der Waals surface area contributed by atoms with E-state index in [0.29, 0.717) is 26.1 Å². The fourth-order valence-electron chi connectivity index (χ4n) is 8.03. The van der Waals surface area contributed by atoms with Gasteiger partial charge in [-0.05, 0) is 97.7 Å². The summed E-state index contributed by atoms with van der Waals surface area (Å²) in [4.78, 5) is 40.9. The molecule has 8 nitrogen and oxygen atoms in total. The predicted molar refractivity (Wildman–Crippen MR) is 257 cm³/mol. The Morgan fingerprint density at radius 2 is 0.738 bits per heavy atom. The van der Waals surface area contributed by atoms with Crippen molar-refractivity contribution in [3.05, 3.63) is 0 Å². The first-order valence-electron chi connectivity index (χ1n) is 26.5. The summed E-state index contributed by atoms with van der Waals surface area (Å²) >= 11 is 0. The number of carbonyl (C=O) groups excluding carboxylic acids is 3. The second kappa shape index (κ2) is 44.9. The van der Waals surface area contributed by atoms with Crippen LogP contribution in [0.25, 0.3) is 0 Å². The van der Waals surface area contributed by atoms with Gasteiger partial charge in [-0.3, -0.25) is 14.4 Å². The van der Waals surface area contributed by atoms with Crippen LogP contribution in [0.5, 0.6) is 0 Å². The lowest BCUT2D eigenvalue weighted by Crippen LogP contribution is -2.30. The number of esters is 3. The molecule has 0 aliphatic rings. The molecule has 1 unspecified atom stereocenters. The van der Waals surface area contributed by atoms with E-state index in [1.165, 1.54) is 38.5 Å². The molecule has 0 amide bonds. The van der Waals surface area contributed by atoms with Crippen LogP contribution in [-0.4, -0.2) is 75.0 Å². The molecule has 0 aromatic rings. The molecule has 0 fully saturated rings. The molecule has 362 valence electrons. The van der Waals surface area contributed by atoms with E-state index in [2.05, 4.69) is 53.6 Å². The number of carbonyl (C=O) groups is 3. The first kappa shape index (κ1) is 59.3. The maximum Gasteiger partial charge on any atom is 0.311 e. The largest absolute Gasteiger partial charge is 0.462 e. The summed E-state index contributed by atoms with van der Waals surface area (Å²) in [5.74, 6) is -0.385. The molecule has 0 heterocycles. The van der Waals surface area contributed by atoms with Gasteiger partial charge in [0.2, 0.25) is 0 Å². The molecule has 0 aromatic heterocycles. The summed E-state index contributed by atoms with van der Waals surface area (Å²) in [6.07, 6.45) is 38.1. The van der Waals surface area contributed by atoms with Crippen molar-refractivity contribution in [2.24, 2.45) is 5.92 Å². The molecule has 8 heteroatoms. The van der Waals surface area contributed by atoms with Gasteiger partial charge in [-0.1, -0.05) is 176 Å². The van der Waals surface area contributed by atoms with Crippen molar-refractivity contribution in [2.45, 2.75) is 284 Å². The van der Waals surface area contributed by atoms with Crippen LogP contribution in [0.15, 0.2) is 0 Å². The number of nitrogens with zero attached hydrogens (tertiary/aromatic N) is 1. The van der Waals surface area contributed by atoms with Gasteiger partial charge in [0, 0.05) is 19.4 Å². The lowest BCUT2D eigenvalue weighted by Gasteiger charge is -2.23. The van der Waals surface area contributed by atoms with Crippen LogP contribution in [0.3, 0.4) is 0 Å². The molecule has 0 aliphatic carbocycles. The number of unbranched alkanes of at least 4 members (excludes halogenated alkanes) is 20. The lowest BCUT2D eigenvalue weighted by atomic mass is 10.0. The zero-order valence-corrected chi connectivity index (χ0v) is 41.7. The molecule has 61 heavy (non-hydrogen) atoms. The van der Waals surface area contributed by atoms with Crippen LogP contribution in [0.4, 0.5) is 0 Å². The van der Waals surface area contributed by atoms with Crippen molar-refractivity contribution >= 4 is 17.9 Å². The molecule has 1 atom stereocenters. The SMILES string of the molecule is CCCCCCCCCOCC(CCN(C)C)C(=O)OC(CCCCCCCCC(=O)OC(CCCC)CCCC)CCCCCCCCC(=O)OC(CCCC)CCCC. The maximum absolute atomic E-state index is 13.7. The molecule has 0 saturated carbocycles. The lowest BCUT2D eigenvalue weighted by molar-refractivity contribution is -0.157. The first-order valence-corrected chi connectivity index (χ1v) is 26.5. The van der Waals surface area contributed by atoms with Crippen LogP contribution >= 0.6 is 0 Å². The Labute approximate surface area is 378 Å². The first-order chi connectivity index (χ1) is 29.7. The van der Waals surface area contributed by atoms with Crippen LogP contribution in [-0.2, 0) is 33.3 Å². The Morgan fingerprint density at radius 3 is 1.15 bits per heavy atom. The van der Waals surface area contributed by atoms with Crippen LogP contribution < -0.4 is 0 Å². The Hall–Kier alpha value is -1.67. The average Bonchev–Trinajstić information content (AvgIpc) is 3.24. The molecule has 0 aromatic carbocycles. The van der Waals surface area contributed by atoms with Crippen LogP contribution in [0.2, 0.25) is 0 Å². The van der Waals surface area contributed by atoms with Crippen molar-refractivity contribution in [3.8, 4) is 0 Å². The number of hydrogen-bond acceptors (Lipinski definition) is 8. The third-order valence-corrected chi connectivity index (χ3v) is 12.2. The summed E-state index contributed by atoms with van der Waals surface area (Å²) < 4.78 is 24.1. The molecule has 0 aliphatic heterocycles. The third-order valence-electron chi connectivity index (χ3n) is 12.2. The van der Waals surface area contributed by atoms with E-state index in [1.54, 1.807) is 0 Å². The molecule has 0 bridgehead atoms. The Balaban J connectivity index is 4.93. The second-order valence-electron chi connectivity index (χ2n) is 18.7. The third kappa shape index (κ3) is 39.6. The highest BCUT2D eigenvalue weighted by Crippen LogP contribution is 2.21. The normalized spacial score (nSPS) is 12.2. The molecule has 0 N–H and O–H groups in total. The average molecular weight is 866 g/mol. The molecule has 0 rings (SSSR count). The smallest absolute Gasteiger partial charge is 0.311 e. The summed E-state index contributed by atoms with van der Waals surface area (Å²) in [5.41, 5.74) is 0. The summed E-state index contributed by atoms with van der Waals surface area (Å²) in [6.45, 7) is 13.0. The molecular formula is C53H103NO7. The maximum atomic E-state index is 13.7. The van der Waals surface area contributed by atoms with Crippen molar-refractivity contribution in [3.63, 3.8) is 0 Å². The van der Waals surface area contributed by atoms with Crippen LogP contribution in [0, 0.1) is 5.92 Å². The fraction of sp³-hybridized carbons (Fsp3) is 0.943. The highest BCUT2D eigenvalue weighted by atomic mass is 16.6. The Kier molecular flexibility index (Phi) is 43.7. The van der Waals surface area contributed by atoms with Gasteiger partial charge in [0.1, 0.15) is 18.3 Å². The van der Waals surface area contributed by atoms with Crippen LogP contribution in [0.1, 0.15) is 266 Å². The van der Waals surface area contributed by atoms with Gasteiger partial charge in [-0.2, -0.15) is 0 Å². The molecule has 0 saturated heterocycles. The van der Waals surface area contributed by atoms with Gasteiger partial charge in [-0.25, -0.2) is 0 Å². The number of ether oxygens (including phenoxy) is 4. The minimum atomic E-state index is -0.241. The molecule has 0 spiro atoms. The van der Waals surface area contributed by atoms with E-state index in [-0.39, 0.29) is 42.1 Å². The fourth-order valence-corrected chi connectivity index (χ4v) is 8.03. The van der Waals surface area contributed by atoms with Gasteiger partial charge in [0.25, 0.3) is 0 Å². The summed E-state index contributed by atoms with van der Waals surface area (Å²) in [5, 5.41) is 0. The minimum Gasteiger partial charge on any atom is -0.462 e. The van der Waals surface area contributed by atoms with Gasteiger partial charge in [0.15, 0.2) is 0 Å². The topological polar surface area (TPSA) is 91.4 Å². The van der Waals surface area contributed by atoms with Crippen molar-refractivity contribution in [2.75, 3.05) is 33.9 Å². The summed E-state index contributed by atoms with van der Waals surface area (Å²) in [6, 6.07) is 0. The van der Waals surface area contributed by atoms with Crippen molar-refractivity contribution < 1.29 is 33.3 Å². The highest BCUT2D eigenvalue weighted by Gasteiger charge is 2.24. The quantitative estimate of drug-likeness (QED) is 0.0339. The van der Waals surface area contributed by atoms with E-state index < -0.39 is 0 Å². The second-order valence-corrected chi connectivity index (χ2v) is 18.7. The van der Waals surface area contributed by atoms with E-state index >= 15 is 0 Å². The van der Waals surface area contributed by atoms with Gasteiger partial charge in [0.05, 0.1) is 12.5 Å². The standard InChI is InChI=1S/C53H103NO7/c1-8-13-18-19-24-29-34-45-58-46-47(43-44-54(6)7)53(57)61-50(39-30-25-20-22-27-32-41-51(55)59-48(35-14-9-2)36-15-10-3)40-31-26-21-23-28-33-42-52(56)60-49(37-16-11-4)38-17-12-5/h47-50H,8-46H2,1-7H3. The van der Waals surface area contributed by atoms with Gasteiger partial charge >= 0.3 is 17.9 Å². The number of hydrogen-bond donors (Lipinski definition) is 0. The highest BCUT2D eigenvalue weighted by molar-refractivity contribution is 5.72. The molecular weight excluding hydrogens is 763 g/mol. The van der Waals surface area contributed by atoms with Crippen molar-refractivity contribution in [1.82, 2.24) is 4.90 Å². The number of rotatable bonds is 47. The Morgan fingerprint density at radius 1 is 0.393 bits per heavy atom.